The van der Waals surface area contributed by atoms with E-state index in [0.29, 0.717) is 17.4 Å². The number of ketones is 1. The van der Waals surface area contributed by atoms with E-state index in [-0.39, 0.29) is 5.78 Å². The summed E-state index contributed by atoms with van der Waals surface area (Å²) < 4.78 is 12.7. The summed E-state index contributed by atoms with van der Waals surface area (Å²) >= 11 is 2.02. The molecule has 1 aliphatic rings. The number of halogens is 1. The molecular weight excluding hydrogens is 263 g/mol. The highest BCUT2D eigenvalue weighted by Crippen LogP contribution is 2.21. The molecule has 0 aliphatic carbocycles. The van der Waals surface area contributed by atoms with Crippen LogP contribution in [0.5, 0.6) is 0 Å². The van der Waals surface area contributed by atoms with E-state index in [2.05, 4.69) is 16.8 Å². The number of nitrogens with zero attached hydrogens (tertiary/aromatic N) is 2. The second-order valence-electron chi connectivity index (χ2n) is 4.74. The normalized spacial score (nSPS) is 20.4. The van der Waals surface area contributed by atoms with E-state index in [1.807, 2.05) is 11.8 Å². The Morgan fingerprint density at radius 1 is 1.58 bits per heavy atom. The molecule has 2 heterocycles. The zero-order chi connectivity index (χ0) is 13.7. The van der Waals surface area contributed by atoms with Crippen LogP contribution in [0.3, 0.4) is 0 Å². The number of hydrogen-bond donors (Lipinski definition) is 0. The Bertz CT molecular complexity index is 424. The van der Waals surface area contributed by atoms with Gasteiger partial charge in [0.2, 0.25) is 0 Å². The summed E-state index contributed by atoms with van der Waals surface area (Å²) in [5.41, 5.74) is 0.361. The van der Waals surface area contributed by atoms with Gasteiger partial charge in [0.1, 0.15) is 11.5 Å². The van der Waals surface area contributed by atoms with Gasteiger partial charge in [-0.05, 0) is 18.6 Å². The van der Waals surface area contributed by atoms with Crippen molar-refractivity contribution in [3.05, 3.63) is 29.8 Å². The zero-order valence-electron chi connectivity index (χ0n) is 11.1. The fourth-order valence-electron chi connectivity index (χ4n) is 2.16. The van der Waals surface area contributed by atoms with Crippen LogP contribution in [0.4, 0.5) is 4.39 Å². The zero-order valence-corrected chi connectivity index (χ0v) is 12.0. The molecule has 2 rings (SSSR count). The molecule has 1 fully saturated rings. The lowest BCUT2D eigenvalue weighted by molar-refractivity contribution is 0.0960. The molecule has 1 saturated heterocycles. The second kappa shape index (κ2) is 7.01. The van der Waals surface area contributed by atoms with Gasteiger partial charge in [-0.15, -0.1) is 0 Å². The quantitative estimate of drug-likeness (QED) is 0.777. The van der Waals surface area contributed by atoms with Crippen molar-refractivity contribution in [1.29, 1.82) is 0 Å². The molecule has 0 N–H and O–H groups in total. The van der Waals surface area contributed by atoms with Gasteiger partial charge in [-0.3, -0.25) is 9.78 Å². The van der Waals surface area contributed by atoms with Crippen LogP contribution in [0, 0.1) is 5.82 Å². The predicted molar refractivity (Wildman–Crippen MR) is 76.1 cm³/mol. The highest BCUT2D eigenvalue weighted by molar-refractivity contribution is 8.00. The number of aromatic nitrogens is 1. The van der Waals surface area contributed by atoms with Crippen molar-refractivity contribution < 1.29 is 9.18 Å². The van der Waals surface area contributed by atoms with E-state index < -0.39 is 5.82 Å². The molecule has 0 amide bonds. The maximum atomic E-state index is 12.7. The Balaban J connectivity index is 1.81. The summed E-state index contributed by atoms with van der Waals surface area (Å²) in [5, 5.41) is 0.688. The van der Waals surface area contributed by atoms with Crippen molar-refractivity contribution in [1.82, 2.24) is 9.88 Å². The lowest BCUT2D eigenvalue weighted by Crippen LogP contribution is -2.38. The number of pyridine rings is 1. The lowest BCUT2D eigenvalue weighted by atomic mass is 10.2. The topological polar surface area (TPSA) is 33.2 Å². The van der Waals surface area contributed by atoms with E-state index in [1.165, 1.54) is 18.6 Å². The van der Waals surface area contributed by atoms with Crippen LogP contribution in [0.15, 0.2) is 18.3 Å². The monoisotopic (exact) mass is 282 g/mol. The fourth-order valence-corrected chi connectivity index (χ4v) is 3.41. The Labute approximate surface area is 117 Å². The molecule has 19 heavy (non-hydrogen) atoms. The fraction of sp³-hybridized carbons (Fsp3) is 0.571. The van der Waals surface area contributed by atoms with Crippen LogP contribution in [0.1, 0.15) is 30.3 Å². The smallest absolute Gasteiger partial charge is 0.182 e. The summed E-state index contributed by atoms with van der Waals surface area (Å²) in [6, 6.07) is 2.74. The second-order valence-corrected chi connectivity index (χ2v) is 6.14. The number of rotatable bonds is 5. The number of thioether (sulfide) groups is 1. The van der Waals surface area contributed by atoms with Gasteiger partial charge < -0.3 is 4.90 Å². The van der Waals surface area contributed by atoms with Gasteiger partial charge >= 0.3 is 0 Å². The average molecular weight is 282 g/mol. The van der Waals surface area contributed by atoms with E-state index in [9.17, 15) is 9.18 Å². The van der Waals surface area contributed by atoms with E-state index in [0.717, 1.165) is 31.6 Å². The minimum atomic E-state index is -0.407. The van der Waals surface area contributed by atoms with Gasteiger partial charge in [0.25, 0.3) is 0 Å². The van der Waals surface area contributed by atoms with Crippen LogP contribution in [-0.4, -0.2) is 46.3 Å². The molecule has 0 aromatic carbocycles. The minimum absolute atomic E-state index is 0.00808. The van der Waals surface area contributed by atoms with Crippen LogP contribution < -0.4 is 0 Å². The minimum Gasteiger partial charge on any atom is -0.301 e. The maximum Gasteiger partial charge on any atom is 0.182 e. The number of Topliss-reactive ketones (excluding diaryl/α,β-unsaturated/α-hetero) is 1. The standard InChI is InChI=1S/C14H19FN2OS/c1-2-12-10-17(7-8-19-12)6-5-14(18)13-4-3-11(15)9-16-13/h3-4,9,12H,2,5-8,10H2,1H3. The molecule has 1 aromatic heterocycles. The first-order chi connectivity index (χ1) is 9.19. The first-order valence-corrected chi connectivity index (χ1v) is 7.72. The molecule has 104 valence electrons. The van der Waals surface area contributed by atoms with Gasteiger partial charge in [0.15, 0.2) is 5.78 Å². The summed E-state index contributed by atoms with van der Waals surface area (Å²) in [5.74, 6) is 0.725. The van der Waals surface area contributed by atoms with Crippen molar-refractivity contribution in [2.45, 2.75) is 25.0 Å². The molecular formula is C14H19FN2OS. The third kappa shape index (κ3) is 4.28. The largest absolute Gasteiger partial charge is 0.301 e. The summed E-state index contributed by atoms with van der Waals surface area (Å²) in [6.45, 7) is 5.08. The highest BCUT2D eigenvalue weighted by atomic mass is 32.2. The molecule has 0 saturated carbocycles. The average Bonchev–Trinajstić information content (AvgIpc) is 2.46. The number of carbonyl (C=O) groups excluding carboxylic acids is 1. The van der Waals surface area contributed by atoms with Gasteiger partial charge in [-0.2, -0.15) is 11.8 Å². The van der Waals surface area contributed by atoms with Gasteiger partial charge in [0, 0.05) is 37.1 Å². The van der Waals surface area contributed by atoms with Crippen molar-refractivity contribution in [3.63, 3.8) is 0 Å². The summed E-state index contributed by atoms with van der Waals surface area (Å²) in [4.78, 5) is 18.1. The van der Waals surface area contributed by atoms with Crippen molar-refractivity contribution >= 4 is 17.5 Å². The third-order valence-electron chi connectivity index (χ3n) is 3.35. The Morgan fingerprint density at radius 2 is 2.42 bits per heavy atom. The molecule has 5 heteroatoms. The highest BCUT2D eigenvalue weighted by Gasteiger charge is 2.19. The third-order valence-corrected chi connectivity index (χ3v) is 4.72. The lowest BCUT2D eigenvalue weighted by Gasteiger charge is -2.31. The Morgan fingerprint density at radius 3 is 3.11 bits per heavy atom. The Kier molecular flexibility index (Phi) is 5.34. The van der Waals surface area contributed by atoms with E-state index >= 15 is 0 Å². The van der Waals surface area contributed by atoms with E-state index in [1.54, 1.807) is 0 Å². The van der Waals surface area contributed by atoms with Gasteiger partial charge in [-0.1, -0.05) is 6.92 Å². The first kappa shape index (κ1) is 14.5. The van der Waals surface area contributed by atoms with Crippen LogP contribution in [0.2, 0.25) is 0 Å². The van der Waals surface area contributed by atoms with Crippen molar-refractivity contribution in [2.24, 2.45) is 0 Å². The predicted octanol–water partition coefficient (Wildman–Crippen LogP) is 2.62. The number of hydrogen-bond acceptors (Lipinski definition) is 4. The van der Waals surface area contributed by atoms with Gasteiger partial charge in [-0.25, -0.2) is 4.39 Å². The Hall–Kier alpha value is -0.940. The van der Waals surface area contributed by atoms with Gasteiger partial charge in [0.05, 0.1) is 6.20 Å². The van der Waals surface area contributed by atoms with Crippen molar-refractivity contribution in [3.8, 4) is 0 Å². The van der Waals surface area contributed by atoms with Crippen molar-refractivity contribution in [2.75, 3.05) is 25.4 Å². The molecule has 1 unspecified atom stereocenters. The molecule has 0 radical (unpaired) electrons. The molecule has 0 spiro atoms. The van der Waals surface area contributed by atoms with Crippen LogP contribution in [0.25, 0.3) is 0 Å². The molecule has 0 bridgehead atoms. The molecule has 1 aromatic rings. The number of carbonyl (C=O) groups is 1. The molecule has 1 aliphatic heterocycles. The van der Waals surface area contributed by atoms with Crippen LogP contribution >= 0.6 is 11.8 Å². The summed E-state index contributed by atoms with van der Waals surface area (Å²) in [7, 11) is 0. The van der Waals surface area contributed by atoms with E-state index in [4.69, 9.17) is 0 Å². The first-order valence-electron chi connectivity index (χ1n) is 6.67. The molecule has 1 atom stereocenters. The molecule has 3 nitrogen and oxygen atoms in total. The van der Waals surface area contributed by atoms with Crippen LogP contribution in [-0.2, 0) is 0 Å². The SMILES string of the molecule is CCC1CN(CCC(=O)c2ccc(F)cn2)CCS1. The maximum absolute atomic E-state index is 12.7. The summed E-state index contributed by atoms with van der Waals surface area (Å²) in [6.07, 6.45) is 2.73.